The standard InChI is InChI=1S/C24H42ClNO2/c1-16(2)21(13-20(28)14-26)22(15-27)17-7-10-23(24(3,4)12-11-17)18-5-8-19(25)9-6-18/h5,8,15-23,28H,6-7,9-14,26H2,1-4H3/t17?,18?,19?,20?,21-,22?,23?/m1/s1. The minimum absolute atomic E-state index is 0.0184. The van der Waals surface area contributed by atoms with Gasteiger partial charge in [-0.05, 0) is 80.0 Å². The van der Waals surface area contributed by atoms with Crippen LogP contribution in [0.4, 0.5) is 0 Å². The summed E-state index contributed by atoms with van der Waals surface area (Å²) < 4.78 is 0. The SMILES string of the molecule is CC(C)[C@@H](CC(O)CN)C(C=O)C1CCC(C2C=CC(Cl)CC2)C(C)(C)CC1. The van der Waals surface area contributed by atoms with Gasteiger partial charge in [-0.2, -0.15) is 0 Å². The Balaban J connectivity index is 2.14. The highest BCUT2D eigenvalue weighted by Gasteiger charge is 2.41. The Morgan fingerprint density at radius 3 is 2.43 bits per heavy atom. The number of aliphatic hydroxyl groups is 1. The van der Waals surface area contributed by atoms with Crippen LogP contribution in [0.1, 0.15) is 72.6 Å². The molecule has 0 saturated heterocycles. The minimum Gasteiger partial charge on any atom is -0.392 e. The summed E-state index contributed by atoms with van der Waals surface area (Å²) >= 11 is 6.27. The fourth-order valence-corrected chi connectivity index (χ4v) is 6.05. The molecular weight excluding hydrogens is 370 g/mol. The number of carbonyl (C=O) groups excluding carboxylic acids is 1. The van der Waals surface area contributed by atoms with Gasteiger partial charge in [0.05, 0.1) is 11.5 Å². The molecule has 0 radical (unpaired) electrons. The number of carbonyl (C=O) groups is 1. The van der Waals surface area contributed by atoms with Crippen LogP contribution in [0.2, 0.25) is 0 Å². The van der Waals surface area contributed by atoms with Crippen molar-refractivity contribution in [2.45, 2.75) is 84.1 Å². The fraction of sp³-hybridized carbons (Fsp3) is 0.875. The van der Waals surface area contributed by atoms with Crippen molar-refractivity contribution in [1.82, 2.24) is 0 Å². The van der Waals surface area contributed by atoms with Crippen molar-refractivity contribution >= 4 is 17.9 Å². The summed E-state index contributed by atoms with van der Waals surface area (Å²) in [7, 11) is 0. The van der Waals surface area contributed by atoms with Crippen LogP contribution in [-0.2, 0) is 4.79 Å². The van der Waals surface area contributed by atoms with E-state index in [-0.39, 0.29) is 29.2 Å². The van der Waals surface area contributed by atoms with E-state index in [1.165, 1.54) is 19.1 Å². The van der Waals surface area contributed by atoms with Crippen molar-refractivity contribution in [2.24, 2.45) is 46.7 Å². The molecule has 0 aliphatic heterocycles. The molecule has 3 N–H and O–H groups in total. The second-order valence-electron chi connectivity index (χ2n) is 10.4. The molecule has 28 heavy (non-hydrogen) atoms. The molecule has 0 heterocycles. The number of hydrogen-bond acceptors (Lipinski definition) is 3. The predicted octanol–water partition coefficient (Wildman–Crippen LogP) is 5.19. The molecule has 2 rings (SSSR count). The maximum absolute atomic E-state index is 12.2. The van der Waals surface area contributed by atoms with Gasteiger partial charge in [-0.15, -0.1) is 11.6 Å². The lowest BCUT2D eigenvalue weighted by Crippen LogP contribution is -2.33. The largest absolute Gasteiger partial charge is 0.392 e. The van der Waals surface area contributed by atoms with Gasteiger partial charge < -0.3 is 15.6 Å². The van der Waals surface area contributed by atoms with Crippen LogP contribution in [-0.4, -0.2) is 29.4 Å². The van der Waals surface area contributed by atoms with Crippen LogP contribution in [0.15, 0.2) is 12.2 Å². The second-order valence-corrected chi connectivity index (χ2v) is 10.9. The van der Waals surface area contributed by atoms with E-state index in [2.05, 4.69) is 39.8 Å². The Hall–Kier alpha value is -0.380. The number of alkyl halides is 1. The Kier molecular flexibility index (Phi) is 9.04. The van der Waals surface area contributed by atoms with Crippen molar-refractivity contribution in [3.8, 4) is 0 Å². The maximum Gasteiger partial charge on any atom is 0.123 e. The molecule has 0 aromatic carbocycles. The predicted molar refractivity (Wildman–Crippen MR) is 118 cm³/mol. The molecule has 4 heteroatoms. The first kappa shape index (κ1) is 23.9. The smallest absolute Gasteiger partial charge is 0.123 e. The number of rotatable bonds is 8. The van der Waals surface area contributed by atoms with Gasteiger partial charge in [-0.25, -0.2) is 0 Å². The Labute approximate surface area is 177 Å². The topological polar surface area (TPSA) is 63.3 Å². The van der Waals surface area contributed by atoms with Crippen LogP contribution in [0, 0.1) is 40.9 Å². The number of hydrogen-bond donors (Lipinski definition) is 2. The fourth-order valence-electron chi connectivity index (χ4n) is 5.84. The van der Waals surface area contributed by atoms with Crippen molar-refractivity contribution in [3.63, 3.8) is 0 Å². The summed E-state index contributed by atoms with van der Waals surface area (Å²) in [6.07, 6.45) is 12.6. The summed E-state index contributed by atoms with van der Waals surface area (Å²) in [6.45, 7) is 9.43. The number of aliphatic hydroxyl groups excluding tert-OH is 1. The normalized spacial score (nSPS) is 33.9. The summed E-state index contributed by atoms with van der Waals surface area (Å²) in [5.74, 6) is 2.26. The van der Waals surface area contributed by atoms with Gasteiger partial charge in [0.15, 0.2) is 0 Å². The van der Waals surface area contributed by atoms with Crippen molar-refractivity contribution in [2.75, 3.05) is 6.54 Å². The van der Waals surface area contributed by atoms with E-state index < -0.39 is 6.10 Å². The molecule has 0 bridgehead atoms. The third-order valence-corrected chi connectivity index (χ3v) is 8.10. The number of nitrogens with two attached hydrogens (primary N) is 1. The molecule has 6 unspecified atom stereocenters. The molecule has 7 atom stereocenters. The number of aldehydes is 1. The van der Waals surface area contributed by atoms with E-state index >= 15 is 0 Å². The van der Waals surface area contributed by atoms with Crippen molar-refractivity contribution in [1.29, 1.82) is 0 Å². The van der Waals surface area contributed by atoms with Gasteiger partial charge in [-0.3, -0.25) is 0 Å². The highest BCUT2D eigenvalue weighted by Crippen LogP contribution is 2.49. The van der Waals surface area contributed by atoms with Crippen LogP contribution >= 0.6 is 11.6 Å². The molecule has 0 aromatic heterocycles. The van der Waals surface area contributed by atoms with Crippen molar-refractivity contribution < 1.29 is 9.90 Å². The molecule has 0 aromatic rings. The zero-order chi connectivity index (χ0) is 20.9. The summed E-state index contributed by atoms with van der Waals surface area (Å²) in [5, 5.41) is 10.3. The monoisotopic (exact) mass is 411 g/mol. The average molecular weight is 412 g/mol. The molecule has 0 amide bonds. The average Bonchev–Trinajstić information content (AvgIpc) is 2.80. The minimum atomic E-state index is -0.513. The van der Waals surface area contributed by atoms with E-state index in [0.29, 0.717) is 30.1 Å². The molecule has 1 fully saturated rings. The highest BCUT2D eigenvalue weighted by atomic mass is 35.5. The van der Waals surface area contributed by atoms with Crippen molar-refractivity contribution in [3.05, 3.63) is 12.2 Å². The van der Waals surface area contributed by atoms with Gasteiger partial charge in [0.25, 0.3) is 0 Å². The van der Waals surface area contributed by atoms with Crippen LogP contribution in [0.25, 0.3) is 0 Å². The van der Waals surface area contributed by atoms with Crippen LogP contribution in [0.5, 0.6) is 0 Å². The zero-order valence-electron chi connectivity index (χ0n) is 18.3. The first-order valence-electron chi connectivity index (χ1n) is 11.3. The van der Waals surface area contributed by atoms with E-state index in [1.807, 2.05) is 0 Å². The Bertz CT molecular complexity index is 519. The lowest BCUT2D eigenvalue weighted by Gasteiger charge is -2.39. The van der Waals surface area contributed by atoms with Gasteiger partial charge >= 0.3 is 0 Å². The van der Waals surface area contributed by atoms with Crippen LogP contribution < -0.4 is 5.73 Å². The molecule has 1 saturated carbocycles. The lowest BCUT2D eigenvalue weighted by molar-refractivity contribution is -0.115. The molecule has 3 nitrogen and oxygen atoms in total. The summed E-state index contributed by atoms with van der Waals surface area (Å²) in [6, 6.07) is 0. The van der Waals surface area contributed by atoms with Crippen LogP contribution in [0.3, 0.4) is 0 Å². The molecule has 2 aliphatic rings. The lowest BCUT2D eigenvalue weighted by atomic mass is 9.67. The summed E-state index contributed by atoms with van der Waals surface area (Å²) in [4.78, 5) is 12.2. The van der Waals surface area contributed by atoms with E-state index in [1.54, 1.807) is 0 Å². The highest BCUT2D eigenvalue weighted by molar-refractivity contribution is 6.21. The van der Waals surface area contributed by atoms with E-state index in [0.717, 1.165) is 25.7 Å². The molecule has 0 spiro atoms. The molecule has 162 valence electrons. The Morgan fingerprint density at radius 1 is 1.18 bits per heavy atom. The van der Waals surface area contributed by atoms with Gasteiger partial charge in [-0.1, -0.05) is 39.8 Å². The first-order chi connectivity index (χ1) is 13.2. The van der Waals surface area contributed by atoms with Gasteiger partial charge in [0.2, 0.25) is 0 Å². The van der Waals surface area contributed by atoms with E-state index in [9.17, 15) is 9.90 Å². The second kappa shape index (κ2) is 10.6. The van der Waals surface area contributed by atoms with Gasteiger partial charge in [0.1, 0.15) is 6.29 Å². The van der Waals surface area contributed by atoms with E-state index in [4.69, 9.17) is 17.3 Å². The maximum atomic E-state index is 12.2. The third-order valence-electron chi connectivity index (χ3n) is 7.74. The quantitative estimate of drug-likeness (QED) is 0.250. The molecular formula is C24H42ClNO2. The first-order valence-corrected chi connectivity index (χ1v) is 11.8. The molecule has 2 aliphatic carbocycles. The zero-order valence-corrected chi connectivity index (χ0v) is 19.1. The van der Waals surface area contributed by atoms with Gasteiger partial charge in [0, 0.05) is 12.5 Å². The number of allylic oxidation sites excluding steroid dienone is 2. The third kappa shape index (κ3) is 6.06. The Morgan fingerprint density at radius 2 is 1.89 bits per heavy atom. The number of halogens is 1. The summed E-state index contributed by atoms with van der Waals surface area (Å²) in [5.41, 5.74) is 5.94.